The maximum Gasteiger partial charge on any atom is 0.335 e. The fourth-order valence-electron chi connectivity index (χ4n) is 2.24. The van der Waals surface area contributed by atoms with Crippen LogP contribution in [0.15, 0.2) is 35.5 Å². The molecule has 0 aromatic heterocycles. The normalized spacial score (nSPS) is 15.6. The molecule has 0 saturated carbocycles. The fraction of sp³-hybridized carbons (Fsp3) is 0.333. The van der Waals surface area contributed by atoms with Crippen LogP contribution in [0.5, 0.6) is 0 Å². The topological polar surface area (TPSA) is 46.6 Å². The number of carbonyl (C=O) groups excluding carboxylic acids is 2. The summed E-state index contributed by atoms with van der Waals surface area (Å²) in [6.45, 7) is 3.85. The highest BCUT2D eigenvalue weighted by Gasteiger charge is 2.29. The van der Waals surface area contributed by atoms with Crippen molar-refractivity contribution >= 4 is 29.2 Å². The number of hydrogen-bond acceptors (Lipinski definition) is 3. The highest BCUT2D eigenvalue weighted by Crippen LogP contribution is 2.30. The molecule has 1 heterocycles. The minimum Gasteiger partial charge on any atom is -0.463 e. The Hall–Kier alpha value is -1.81. The van der Waals surface area contributed by atoms with Crippen molar-refractivity contribution in [2.45, 2.75) is 26.7 Å². The number of ether oxygens (including phenoxy) is 1. The van der Waals surface area contributed by atoms with Gasteiger partial charge < -0.3 is 4.74 Å². The van der Waals surface area contributed by atoms with Gasteiger partial charge in [0.2, 0.25) is 5.91 Å². The third-order valence-electron chi connectivity index (χ3n) is 3.22. The average molecular weight is 294 g/mol. The molecule has 106 valence electrons. The molecule has 0 saturated heterocycles. The quantitative estimate of drug-likeness (QED) is 0.803. The lowest BCUT2D eigenvalue weighted by Gasteiger charge is -2.29. The maximum absolute atomic E-state index is 12.1. The van der Waals surface area contributed by atoms with Gasteiger partial charge in [0.1, 0.15) is 0 Å². The van der Waals surface area contributed by atoms with Crippen LogP contribution >= 0.6 is 11.6 Å². The van der Waals surface area contributed by atoms with E-state index in [1.54, 1.807) is 43.0 Å². The molecule has 4 nitrogen and oxygen atoms in total. The van der Waals surface area contributed by atoms with E-state index in [-0.39, 0.29) is 11.9 Å². The zero-order valence-corrected chi connectivity index (χ0v) is 12.2. The van der Waals surface area contributed by atoms with Crippen LogP contribution in [0.2, 0.25) is 5.02 Å². The van der Waals surface area contributed by atoms with Gasteiger partial charge in [-0.1, -0.05) is 11.6 Å². The van der Waals surface area contributed by atoms with Gasteiger partial charge in [-0.15, -0.1) is 0 Å². The summed E-state index contributed by atoms with van der Waals surface area (Å²) < 4.78 is 5.03. The summed E-state index contributed by atoms with van der Waals surface area (Å²) in [5.41, 5.74) is 1.89. The average Bonchev–Trinajstić information content (AvgIpc) is 2.41. The Kier molecular flexibility index (Phi) is 4.45. The van der Waals surface area contributed by atoms with Gasteiger partial charge in [0.05, 0.1) is 12.2 Å². The van der Waals surface area contributed by atoms with E-state index in [0.717, 1.165) is 0 Å². The van der Waals surface area contributed by atoms with Crippen molar-refractivity contribution in [3.63, 3.8) is 0 Å². The zero-order valence-electron chi connectivity index (χ0n) is 11.5. The number of anilines is 1. The van der Waals surface area contributed by atoms with Gasteiger partial charge >= 0.3 is 5.97 Å². The lowest BCUT2D eigenvalue weighted by Crippen LogP contribution is -2.35. The van der Waals surface area contributed by atoms with Crippen LogP contribution in [0.3, 0.4) is 0 Å². The van der Waals surface area contributed by atoms with E-state index < -0.39 is 0 Å². The molecule has 0 N–H and O–H groups in total. The minimum absolute atomic E-state index is 0.0297. The molecule has 20 heavy (non-hydrogen) atoms. The molecule has 0 radical (unpaired) electrons. The summed E-state index contributed by atoms with van der Waals surface area (Å²) in [6.07, 6.45) is 0.724. The summed E-state index contributed by atoms with van der Waals surface area (Å²) >= 11 is 5.85. The first-order valence-electron chi connectivity index (χ1n) is 6.50. The first-order valence-corrected chi connectivity index (χ1v) is 6.87. The standard InChI is InChI=1S/C15H16ClNO3/c1-3-20-15(19)13-8-9-14(18)17(10(13)2)12-6-4-11(16)5-7-12/h4-7H,3,8-9H2,1-2H3. The van der Waals surface area contributed by atoms with Crippen LogP contribution in [0, 0.1) is 0 Å². The Labute approximate surface area is 123 Å². The fourth-order valence-corrected chi connectivity index (χ4v) is 2.37. The number of halogens is 1. The summed E-state index contributed by atoms with van der Waals surface area (Å²) in [7, 11) is 0. The van der Waals surface area contributed by atoms with Gasteiger partial charge in [0.15, 0.2) is 0 Å². The van der Waals surface area contributed by atoms with Crippen LogP contribution < -0.4 is 4.90 Å². The number of allylic oxidation sites excluding steroid dienone is 1. The van der Waals surface area contributed by atoms with Crippen molar-refractivity contribution in [3.05, 3.63) is 40.6 Å². The number of amides is 1. The van der Waals surface area contributed by atoms with E-state index in [2.05, 4.69) is 0 Å². The Balaban J connectivity index is 2.39. The number of rotatable bonds is 3. The second-order valence-corrected chi connectivity index (χ2v) is 4.93. The van der Waals surface area contributed by atoms with Gasteiger partial charge in [0.25, 0.3) is 0 Å². The first-order chi connectivity index (χ1) is 9.54. The molecule has 5 heteroatoms. The molecule has 2 rings (SSSR count). The van der Waals surface area contributed by atoms with Gasteiger partial charge in [-0.05, 0) is 44.5 Å². The molecule has 1 aliphatic rings. The smallest absolute Gasteiger partial charge is 0.335 e. The van der Waals surface area contributed by atoms with Crippen molar-refractivity contribution in [1.82, 2.24) is 0 Å². The molecule has 1 aromatic rings. The number of carbonyl (C=O) groups is 2. The van der Waals surface area contributed by atoms with E-state index in [1.165, 1.54) is 0 Å². The number of nitrogens with zero attached hydrogens (tertiary/aromatic N) is 1. The molecular formula is C15H16ClNO3. The van der Waals surface area contributed by atoms with E-state index >= 15 is 0 Å². The monoisotopic (exact) mass is 293 g/mol. The van der Waals surface area contributed by atoms with Gasteiger partial charge in [0, 0.05) is 22.8 Å². The van der Waals surface area contributed by atoms with Gasteiger partial charge in [-0.3, -0.25) is 9.69 Å². The lowest BCUT2D eigenvalue weighted by molar-refractivity contribution is -0.138. The number of hydrogen-bond donors (Lipinski definition) is 0. The largest absolute Gasteiger partial charge is 0.463 e. The molecule has 0 fully saturated rings. The number of esters is 1. The summed E-state index contributed by atoms with van der Waals surface area (Å²) in [6, 6.07) is 6.96. The highest BCUT2D eigenvalue weighted by molar-refractivity contribution is 6.30. The Bertz CT molecular complexity index is 563. The van der Waals surface area contributed by atoms with Crippen molar-refractivity contribution in [2.24, 2.45) is 0 Å². The predicted molar refractivity (Wildman–Crippen MR) is 77.5 cm³/mol. The SMILES string of the molecule is CCOC(=O)C1=C(C)N(c2ccc(Cl)cc2)C(=O)CC1. The van der Waals surface area contributed by atoms with Crippen molar-refractivity contribution < 1.29 is 14.3 Å². The molecule has 0 aliphatic carbocycles. The van der Waals surface area contributed by atoms with Crippen LogP contribution in [0.25, 0.3) is 0 Å². The molecule has 0 spiro atoms. The summed E-state index contributed by atoms with van der Waals surface area (Å²) in [5, 5.41) is 0.602. The van der Waals surface area contributed by atoms with Crippen LogP contribution in [-0.2, 0) is 14.3 Å². The molecular weight excluding hydrogens is 278 g/mol. The predicted octanol–water partition coefficient (Wildman–Crippen LogP) is 3.30. The number of benzene rings is 1. The zero-order chi connectivity index (χ0) is 14.7. The van der Waals surface area contributed by atoms with Crippen molar-refractivity contribution in [3.8, 4) is 0 Å². The van der Waals surface area contributed by atoms with E-state index in [4.69, 9.17) is 16.3 Å². The summed E-state index contributed by atoms with van der Waals surface area (Å²) in [5.74, 6) is -0.380. The second-order valence-electron chi connectivity index (χ2n) is 4.49. The Morgan fingerprint density at radius 1 is 1.30 bits per heavy atom. The molecule has 1 aliphatic heterocycles. The Morgan fingerprint density at radius 3 is 2.55 bits per heavy atom. The second kappa shape index (κ2) is 6.09. The third kappa shape index (κ3) is 2.85. The van der Waals surface area contributed by atoms with Crippen molar-refractivity contribution in [1.29, 1.82) is 0 Å². The third-order valence-corrected chi connectivity index (χ3v) is 3.47. The van der Waals surface area contributed by atoms with Crippen LogP contribution in [0.1, 0.15) is 26.7 Å². The van der Waals surface area contributed by atoms with Gasteiger partial charge in [-0.25, -0.2) is 4.79 Å². The molecule has 0 atom stereocenters. The molecule has 1 amide bonds. The lowest BCUT2D eigenvalue weighted by atomic mass is 10.0. The molecule has 1 aromatic carbocycles. The van der Waals surface area contributed by atoms with E-state index in [1.807, 2.05) is 0 Å². The first kappa shape index (κ1) is 14.6. The molecule has 0 bridgehead atoms. The Morgan fingerprint density at radius 2 is 1.95 bits per heavy atom. The van der Waals surface area contributed by atoms with Crippen molar-refractivity contribution in [2.75, 3.05) is 11.5 Å². The minimum atomic E-state index is -0.350. The van der Waals surface area contributed by atoms with Crippen LogP contribution in [0.4, 0.5) is 5.69 Å². The maximum atomic E-state index is 12.1. The van der Waals surface area contributed by atoms with E-state index in [0.29, 0.717) is 41.4 Å². The van der Waals surface area contributed by atoms with Gasteiger partial charge in [-0.2, -0.15) is 0 Å². The van der Waals surface area contributed by atoms with Crippen LogP contribution in [-0.4, -0.2) is 18.5 Å². The molecule has 0 unspecified atom stereocenters. The highest BCUT2D eigenvalue weighted by atomic mass is 35.5. The summed E-state index contributed by atoms with van der Waals surface area (Å²) in [4.78, 5) is 25.6. The van der Waals surface area contributed by atoms with E-state index in [9.17, 15) is 9.59 Å².